The van der Waals surface area contributed by atoms with Crippen LogP contribution in [0.1, 0.15) is 0 Å². The molecule has 2 aromatic heterocycles. The predicted molar refractivity (Wildman–Crippen MR) is 58.3 cm³/mol. The second-order valence-electron chi connectivity index (χ2n) is 3.67. The van der Waals surface area contributed by atoms with E-state index in [1.807, 2.05) is 0 Å². The molecule has 18 heavy (non-hydrogen) atoms. The highest BCUT2D eigenvalue weighted by atomic mass is 19.2. The molecule has 0 bridgehead atoms. The number of benzene rings is 1. The molecule has 0 radical (unpaired) electrons. The van der Waals surface area contributed by atoms with Crippen molar-refractivity contribution in [1.29, 1.82) is 0 Å². The Bertz CT molecular complexity index is 737. The molecule has 2 heterocycles. The molecule has 0 saturated heterocycles. The minimum absolute atomic E-state index is 0.0486. The molecule has 0 aliphatic rings. The molecule has 0 aliphatic heterocycles. The lowest BCUT2D eigenvalue weighted by molar-refractivity contribution is 0.449. The SMILES string of the molecule is Fc1ccc(-c2cccn3ncnc23)c(F)c1F. The summed E-state index contributed by atoms with van der Waals surface area (Å²) >= 11 is 0. The molecular weight excluding hydrogens is 243 g/mol. The topological polar surface area (TPSA) is 30.2 Å². The van der Waals surface area contributed by atoms with Gasteiger partial charge in [-0.25, -0.2) is 22.7 Å². The first-order valence-electron chi connectivity index (χ1n) is 5.10. The first kappa shape index (κ1) is 10.8. The Morgan fingerprint density at radius 1 is 0.944 bits per heavy atom. The molecule has 3 rings (SSSR count). The number of hydrogen-bond donors (Lipinski definition) is 0. The highest BCUT2D eigenvalue weighted by Gasteiger charge is 2.17. The number of aromatic nitrogens is 3. The molecule has 3 aromatic rings. The van der Waals surface area contributed by atoms with Crippen molar-refractivity contribution in [1.82, 2.24) is 14.6 Å². The second kappa shape index (κ2) is 3.83. The molecule has 0 atom stereocenters. The number of halogens is 3. The Morgan fingerprint density at radius 3 is 2.61 bits per heavy atom. The highest BCUT2D eigenvalue weighted by Crippen LogP contribution is 2.28. The minimum Gasteiger partial charge on any atom is -0.221 e. The molecule has 0 amide bonds. The van der Waals surface area contributed by atoms with Gasteiger partial charge in [-0.3, -0.25) is 0 Å². The van der Waals surface area contributed by atoms with E-state index in [9.17, 15) is 13.2 Å². The summed E-state index contributed by atoms with van der Waals surface area (Å²) in [5, 5.41) is 3.89. The largest absolute Gasteiger partial charge is 0.221 e. The lowest BCUT2D eigenvalue weighted by atomic mass is 10.1. The lowest BCUT2D eigenvalue weighted by Crippen LogP contribution is -1.96. The Kier molecular flexibility index (Phi) is 2.29. The number of pyridine rings is 1. The van der Waals surface area contributed by atoms with E-state index in [-0.39, 0.29) is 5.56 Å². The zero-order valence-electron chi connectivity index (χ0n) is 8.94. The van der Waals surface area contributed by atoms with Gasteiger partial charge in [0.2, 0.25) is 0 Å². The quantitative estimate of drug-likeness (QED) is 0.621. The summed E-state index contributed by atoms with van der Waals surface area (Å²) in [5.41, 5.74) is 0.682. The molecule has 0 saturated carbocycles. The van der Waals surface area contributed by atoms with Crippen LogP contribution < -0.4 is 0 Å². The standard InChI is InChI=1S/C12H6F3N3/c13-9-4-3-7(10(14)11(9)15)8-2-1-5-18-12(8)16-6-17-18/h1-6H. The molecule has 0 spiro atoms. The summed E-state index contributed by atoms with van der Waals surface area (Å²) in [7, 11) is 0. The van der Waals surface area contributed by atoms with Crippen LogP contribution in [-0.4, -0.2) is 14.6 Å². The molecule has 3 nitrogen and oxygen atoms in total. The molecule has 90 valence electrons. The smallest absolute Gasteiger partial charge is 0.195 e. The third kappa shape index (κ3) is 1.46. The average Bonchev–Trinajstić information content (AvgIpc) is 2.84. The van der Waals surface area contributed by atoms with Crippen LogP contribution in [-0.2, 0) is 0 Å². The van der Waals surface area contributed by atoms with Crippen LogP contribution in [0, 0.1) is 17.5 Å². The van der Waals surface area contributed by atoms with Gasteiger partial charge in [-0.1, -0.05) is 0 Å². The molecule has 0 aliphatic carbocycles. The van der Waals surface area contributed by atoms with Gasteiger partial charge in [0, 0.05) is 17.3 Å². The Balaban J connectivity index is 2.33. The van der Waals surface area contributed by atoms with Crippen molar-refractivity contribution in [3.63, 3.8) is 0 Å². The van der Waals surface area contributed by atoms with Crippen molar-refractivity contribution in [2.75, 3.05) is 0 Å². The minimum atomic E-state index is -1.49. The summed E-state index contributed by atoms with van der Waals surface area (Å²) in [6.45, 7) is 0. The molecule has 0 N–H and O–H groups in total. The van der Waals surface area contributed by atoms with Gasteiger partial charge in [-0.15, -0.1) is 0 Å². The van der Waals surface area contributed by atoms with Crippen LogP contribution in [0.4, 0.5) is 13.2 Å². The summed E-state index contributed by atoms with van der Waals surface area (Å²) in [4.78, 5) is 3.96. The molecule has 6 heteroatoms. The van der Waals surface area contributed by atoms with Crippen LogP contribution >= 0.6 is 0 Å². The van der Waals surface area contributed by atoms with Crippen molar-refractivity contribution in [2.24, 2.45) is 0 Å². The fraction of sp³-hybridized carbons (Fsp3) is 0. The van der Waals surface area contributed by atoms with Gasteiger partial charge < -0.3 is 0 Å². The van der Waals surface area contributed by atoms with Crippen LogP contribution in [0.15, 0.2) is 36.8 Å². The zero-order valence-corrected chi connectivity index (χ0v) is 8.94. The maximum atomic E-state index is 13.7. The van der Waals surface area contributed by atoms with E-state index in [4.69, 9.17) is 0 Å². The summed E-state index contributed by atoms with van der Waals surface area (Å²) in [5.74, 6) is -3.94. The van der Waals surface area contributed by atoms with Crippen molar-refractivity contribution < 1.29 is 13.2 Å². The Morgan fingerprint density at radius 2 is 1.78 bits per heavy atom. The van der Waals surface area contributed by atoms with E-state index in [1.165, 1.54) is 16.9 Å². The fourth-order valence-corrected chi connectivity index (χ4v) is 1.79. The Hall–Kier alpha value is -2.37. The van der Waals surface area contributed by atoms with Crippen molar-refractivity contribution in [3.05, 3.63) is 54.2 Å². The van der Waals surface area contributed by atoms with E-state index >= 15 is 0 Å². The maximum Gasteiger partial charge on any atom is 0.195 e. The zero-order chi connectivity index (χ0) is 12.7. The third-order valence-electron chi connectivity index (χ3n) is 2.63. The highest BCUT2D eigenvalue weighted by molar-refractivity contribution is 5.77. The van der Waals surface area contributed by atoms with Gasteiger partial charge in [0.05, 0.1) is 0 Å². The van der Waals surface area contributed by atoms with E-state index < -0.39 is 17.5 Å². The van der Waals surface area contributed by atoms with E-state index in [2.05, 4.69) is 10.1 Å². The summed E-state index contributed by atoms with van der Waals surface area (Å²) in [6.07, 6.45) is 2.93. The number of hydrogen-bond acceptors (Lipinski definition) is 2. The monoisotopic (exact) mass is 249 g/mol. The molecule has 0 unspecified atom stereocenters. The Labute approximate surface area is 99.5 Å². The van der Waals surface area contributed by atoms with Crippen LogP contribution in [0.25, 0.3) is 16.8 Å². The second-order valence-corrected chi connectivity index (χ2v) is 3.67. The number of fused-ring (bicyclic) bond motifs is 1. The van der Waals surface area contributed by atoms with Gasteiger partial charge >= 0.3 is 0 Å². The summed E-state index contributed by atoms with van der Waals surface area (Å²) < 4.78 is 41.2. The van der Waals surface area contributed by atoms with Crippen molar-refractivity contribution >= 4 is 5.65 Å². The lowest BCUT2D eigenvalue weighted by Gasteiger charge is -2.05. The maximum absolute atomic E-state index is 13.7. The van der Waals surface area contributed by atoms with Gasteiger partial charge in [0.15, 0.2) is 23.1 Å². The number of nitrogens with zero attached hydrogens (tertiary/aromatic N) is 3. The fourth-order valence-electron chi connectivity index (χ4n) is 1.79. The van der Waals surface area contributed by atoms with Crippen LogP contribution in [0.2, 0.25) is 0 Å². The van der Waals surface area contributed by atoms with Crippen molar-refractivity contribution in [2.45, 2.75) is 0 Å². The van der Waals surface area contributed by atoms with Crippen LogP contribution in [0.3, 0.4) is 0 Å². The first-order chi connectivity index (χ1) is 8.68. The van der Waals surface area contributed by atoms with Gasteiger partial charge in [0.25, 0.3) is 0 Å². The predicted octanol–water partition coefficient (Wildman–Crippen LogP) is 2.81. The average molecular weight is 249 g/mol. The van der Waals surface area contributed by atoms with Gasteiger partial charge in [-0.05, 0) is 24.3 Å². The summed E-state index contributed by atoms with van der Waals surface area (Å²) in [6, 6.07) is 5.25. The molecular formula is C12H6F3N3. The van der Waals surface area contributed by atoms with Gasteiger partial charge in [0.1, 0.15) is 6.33 Å². The van der Waals surface area contributed by atoms with Gasteiger partial charge in [-0.2, -0.15) is 5.10 Å². The normalized spacial score (nSPS) is 11.1. The van der Waals surface area contributed by atoms with Crippen LogP contribution in [0.5, 0.6) is 0 Å². The molecule has 0 fully saturated rings. The number of rotatable bonds is 1. The van der Waals surface area contributed by atoms with Crippen molar-refractivity contribution in [3.8, 4) is 11.1 Å². The van der Waals surface area contributed by atoms with E-state index in [0.29, 0.717) is 11.2 Å². The molecule has 1 aromatic carbocycles. The van der Waals surface area contributed by atoms with E-state index in [1.54, 1.807) is 18.3 Å². The third-order valence-corrected chi connectivity index (χ3v) is 2.63. The first-order valence-corrected chi connectivity index (χ1v) is 5.10. The van der Waals surface area contributed by atoms with E-state index in [0.717, 1.165) is 6.07 Å².